The minimum absolute atomic E-state index is 0. The molecule has 0 N–H and O–H groups in total. The molecule has 24 heavy (non-hydrogen) atoms. The van der Waals surface area contributed by atoms with Crippen molar-refractivity contribution in [3.8, 4) is 5.82 Å². The van der Waals surface area contributed by atoms with Crippen LogP contribution in [0, 0.1) is 20.4 Å². The largest absolute Gasteiger partial charge is 0.353 e. The first kappa shape index (κ1) is 19.4. The first-order valence-electron chi connectivity index (χ1n) is 7.52. The van der Waals surface area contributed by atoms with Crippen LogP contribution in [0.2, 0.25) is 0 Å². The molecule has 7 heteroatoms. The summed E-state index contributed by atoms with van der Waals surface area (Å²) >= 11 is 0. The van der Waals surface area contributed by atoms with Gasteiger partial charge in [-0.1, -0.05) is 7.43 Å². The van der Waals surface area contributed by atoms with Crippen molar-refractivity contribution in [1.29, 1.82) is 0 Å². The van der Waals surface area contributed by atoms with Crippen LogP contribution in [0.3, 0.4) is 0 Å². The Morgan fingerprint density at radius 1 is 1.04 bits per heavy atom. The molecule has 0 saturated heterocycles. The number of aryl methyl sites for hydroxylation is 2. The smallest absolute Gasteiger partial charge is 0.246 e. The van der Waals surface area contributed by atoms with Crippen molar-refractivity contribution in [2.75, 3.05) is 0 Å². The number of nitrogens with zero attached hydrogens (tertiary/aromatic N) is 5. The van der Waals surface area contributed by atoms with Crippen LogP contribution in [-0.4, -0.2) is 18.9 Å². The van der Waals surface area contributed by atoms with E-state index in [1.807, 2.05) is 27.7 Å². The molecule has 7 nitrogen and oxygen atoms in total. The minimum Gasteiger partial charge on any atom is -0.246 e. The summed E-state index contributed by atoms with van der Waals surface area (Å²) in [6.45, 7) is 18.0. The van der Waals surface area contributed by atoms with Crippen LogP contribution in [0.1, 0.15) is 58.5 Å². The van der Waals surface area contributed by atoms with E-state index in [4.69, 9.17) is 6.57 Å². The Labute approximate surface area is 142 Å². The average Bonchev–Trinajstić information content (AvgIpc) is 2.72. The number of pyridine rings is 1. The lowest BCUT2D eigenvalue weighted by Crippen LogP contribution is -2.29. The molecule has 0 bridgehead atoms. The van der Waals surface area contributed by atoms with Gasteiger partial charge in [-0.25, -0.2) is 28.8 Å². The molecule has 2 aromatic heterocycles. The molecule has 0 fully saturated rings. The number of rotatable bonds is 3. The van der Waals surface area contributed by atoms with E-state index in [9.17, 15) is 9.59 Å². The lowest BCUT2D eigenvalue weighted by atomic mass is 10.2. The summed E-state index contributed by atoms with van der Waals surface area (Å²) in [6.07, 6.45) is 0. The van der Waals surface area contributed by atoms with Crippen LogP contribution in [0.15, 0.2) is 15.7 Å². The van der Waals surface area contributed by atoms with E-state index in [2.05, 4.69) is 9.83 Å². The first-order chi connectivity index (χ1) is 10.7. The maximum Gasteiger partial charge on any atom is 0.353 e. The molecule has 0 aromatic carbocycles. The van der Waals surface area contributed by atoms with Gasteiger partial charge in [0.2, 0.25) is 5.69 Å². The molecular formula is C17H25N5O2. The monoisotopic (exact) mass is 331 g/mol. The summed E-state index contributed by atoms with van der Waals surface area (Å²) in [5, 5.41) is 0. The van der Waals surface area contributed by atoms with Gasteiger partial charge in [0.1, 0.15) is 5.82 Å². The number of aromatic nitrogens is 4. The SMILES string of the molecule is C.[C-]#[N+]c1cc(C)c(-n2c(=O)n(C(C)C)n(C(C)C)c2=O)nc1C. The highest BCUT2D eigenvalue weighted by molar-refractivity contribution is 5.54. The minimum atomic E-state index is -0.413. The van der Waals surface area contributed by atoms with Gasteiger partial charge in [-0.15, -0.1) is 0 Å². The van der Waals surface area contributed by atoms with Gasteiger partial charge in [-0.2, -0.15) is 4.57 Å². The quantitative estimate of drug-likeness (QED) is 0.811. The van der Waals surface area contributed by atoms with E-state index < -0.39 is 11.4 Å². The summed E-state index contributed by atoms with van der Waals surface area (Å²) in [6, 6.07) is 1.36. The van der Waals surface area contributed by atoms with Gasteiger partial charge < -0.3 is 0 Å². The van der Waals surface area contributed by atoms with Crippen LogP contribution in [0.25, 0.3) is 10.7 Å². The van der Waals surface area contributed by atoms with Crippen LogP contribution < -0.4 is 11.4 Å². The molecule has 0 aliphatic heterocycles. The highest BCUT2D eigenvalue weighted by Crippen LogP contribution is 2.21. The Bertz CT molecular complexity index is 867. The van der Waals surface area contributed by atoms with Gasteiger partial charge in [0.15, 0.2) is 0 Å². The van der Waals surface area contributed by atoms with Gasteiger partial charge in [-0.05, 0) is 53.2 Å². The maximum atomic E-state index is 12.8. The molecule has 0 unspecified atom stereocenters. The fourth-order valence-corrected chi connectivity index (χ4v) is 2.61. The van der Waals surface area contributed by atoms with Gasteiger partial charge >= 0.3 is 11.4 Å². The number of hydrogen-bond donors (Lipinski definition) is 0. The molecule has 0 atom stereocenters. The molecule has 0 amide bonds. The third-order valence-electron chi connectivity index (χ3n) is 3.67. The third-order valence-corrected chi connectivity index (χ3v) is 3.67. The molecule has 130 valence electrons. The molecule has 2 aromatic rings. The first-order valence-corrected chi connectivity index (χ1v) is 7.52. The molecule has 0 aliphatic carbocycles. The zero-order valence-corrected chi connectivity index (χ0v) is 14.3. The maximum absolute atomic E-state index is 12.8. The summed E-state index contributed by atoms with van der Waals surface area (Å²) in [5.41, 5.74) is 0.721. The van der Waals surface area contributed by atoms with Crippen LogP contribution >= 0.6 is 0 Å². The fourth-order valence-electron chi connectivity index (χ4n) is 2.61. The average molecular weight is 331 g/mol. The van der Waals surface area contributed by atoms with Crippen molar-refractivity contribution >= 4 is 5.69 Å². The van der Waals surface area contributed by atoms with E-state index in [-0.39, 0.29) is 19.5 Å². The van der Waals surface area contributed by atoms with Crippen molar-refractivity contribution < 1.29 is 0 Å². The second-order valence-corrected chi connectivity index (χ2v) is 6.12. The molecule has 0 saturated carbocycles. The summed E-state index contributed by atoms with van der Waals surface area (Å²) < 4.78 is 3.99. The zero-order chi connectivity index (χ0) is 17.5. The van der Waals surface area contributed by atoms with Crippen molar-refractivity contribution in [1.82, 2.24) is 18.9 Å². The lowest BCUT2D eigenvalue weighted by molar-refractivity contribution is 0.357. The normalized spacial score (nSPS) is 10.8. The summed E-state index contributed by atoms with van der Waals surface area (Å²) in [4.78, 5) is 33.3. The second-order valence-electron chi connectivity index (χ2n) is 6.12. The topological polar surface area (TPSA) is 66.2 Å². The molecule has 2 heterocycles. The third kappa shape index (κ3) is 2.92. The van der Waals surface area contributed by atoms with E-state index in [0.29, 0.717) is 22.8 Å². The highest BCUT2D eigenvalue weighted by Gasteiger charge is 2.23. The molecule has 2 rings (SSSR count). The Kier molecular flexibility index (Phi) is 5.56. The molecule has 0 radical (unpaired) electrons. The van der Waals surface area contributed by atoms with Crippen LogP contribution in [-0.2, 0) is 0 Å². The van der Waals surface area contributed by atoms with E-state index >= 15 is 0 Å². The second kappa shape index (κ2) is 6.87. The standard InChI is InChI=1S/C16H21N5O2.CH4/c1-9(2)20-15(22)19(16(23)21(20)10(3)4)14-11(5)8-13(17-7)12(6)18-14;/h8-10H,1-6H3;1H4. The number of hydrogen-bond acceptors (Lipinski definition) is 3. The Hall–Kier alpha value is -2.62. The van der Waals surface area contributed by atoms with E-state index in [0.717, 1.165) is 4.57 Å². The zero-order valence-electron chi connectivity index (χ0n) is 14.3. The fraction of sp³-hybridized carbons (Fsp3) is 0.529. The van der Waals surface area contributed by atoms with Crippen molar-refractivity contribution in [3.05, 3.63) is 49.7 Å². The van der Waals surface area contributed by atoms with Gasteiger partial charge in [0.25, 0.3) is 0 Å². The molecule has 0 aliphatic rings. The van der Waals surface area contributed by atoms with Crippen molar-refractivity contribution in [2.45, 2.75) is 61.1 Å². The van der Waals surface area contributed by atoms with E-state index in [1.54, 1.807) is 19.9 Å². The van der Waals surface area contributed by atoms with Crippen LogP contribution in [0.5, 0.6) is 0 Å². The van der Waals surface area contributed by atoms with Crippen LogP contribution in [0.4, 0.5) is 5.69 Å². The van der Waals surface area contributed by atoms with Gasteiger partial charge in [0.05, 0.1) is 6.57 Å². The van der Waals surface area contributed by atoms with Gasteiger partial charge in [0, 0.05) is 17.8 Å². The Balaban J connectivity index is 0.00000288. The summed E-state index contributed by atoms with van der Waals surface area (Å²) in [5.74, 6) is 0.290. The lowest BCUT2D eigenvalue weighted by Gasteiger charge is -2.14. The Morgan fingerprint density at radius 3 is 1.88 bits per heavy atom. The van der Waals surface area contributed by atoms with E-state index in [1.165, 1.54) is 9.36 Å². The van der Waals surface area contributed by atoms with Crippen molar-refractivity contribution in [2.24, 2.45) is 0 Å². The highest BCUT2D eigenvalue weighted by atomic mass is 16.2. The van der Waals surface area contributed by atoms with Gasteiger partial charge in [-0.3, -0.25) is 0 Å². The van der Waals surface area contributed by atoms with Crippen molar-refractivity contribution in [3.63, 3.8) is 0 Å². The predicted molar refractivity (Wildman–Crippen MR) is 95.3 cm³/mol. The predicted octanol–water partition coefficient (Wildman–Crippen LogP) is 3.16. The molecular weight excluding hydrogens is 306 g/mol. The summed E-state index contributed by atoms with van der Waals surface area (Å²) in [7, 11) is 0. The molecule has 0 spiro atoms. The Morgan fingerprint density at radius 2 is 1.50 bits per heavy atom.